The van der Waals surface area contributed by atoms with E-state index in [1.54, 1.807) is 0 Å². The van der Waals surface area contributed by atoms with Crippen molar-refractivity contribution in [2.24, 2.45) is 5.73 Å². The summed E-state index contributed by atoms with van der Waals surface area (Å²) in [6, 6.07) is 13.7. The average Bonchev–Trinajstić information content (AvgIpc) is 2.87. The topological polar surface area (TPSA) is 29.3 Å². The zero-order valence-corrected chi connectivity index (χ0v) is 12.6. The molecule has 1 aliphatic rings. The fourth-order valence-electron chi connectivity index (χ4n) is 2.80. The molecular weight excluding hydrogens is 319 g/mol. The summed E-state index contributed by atoms with van der Waals surface area (Å²) >= 11 is 3.25. The molecule has 1 unspecified atom stereocenters. The molecule has 3 rings (SSSR count). The molecule has 0 spiro atoms. The van der Waals surface area contributed by atoms with Crippen LogP contribution in [0.4, 0.5) is 4.39 Å². The zero-order chi connectivity index (χ0) is 14.1. The van der Waals surface area contributed by atoms with Crippen molar-refractivity contribution in [1.29, 1.82) is 0 Å². The largest absolute Gasteiger partial charge is 0.329 e. The first-order valence-corrected chi connectivity index (χ1v) is 7.44. The van der Waals surface area contributed by atoms with Crippen molar-refractivity contribution < 1.29 is 4.39 Å². The van der Waals surface area contributed by atoms with Gasteiger partial charge in [-0.1, -0.05) is 30.3 Å². The highest BCUT2D eigenvalue weighted by atomic mass is 79.9. The molecule has 20 heavy (non-hydrogen) atoms. The van der Waals surface area contributed by atoms with Crippen LogP contribution in [0.15, 0.2) is 46.9 Å². The van der Waals surface area contributed by atoms with Gasteiger partial charge in [0.05, 0.1) is 4.47 Å². The lowest BCUT2D eigenvalue weighted by Gasteiger charge is -2.27. The number of nitrogens with two attached hydrogens (primary N) is 1. The third-order valence-electron chi connectivity index (χ3n) is 3.86. The highest BCUT2D eigenvalue weighted by Crippen LogP contribution is 2.32. The molecule has 0 radical (unpaired) electrons. The Labute approximate surface area is 126 Å². The SMILES string of the molecule is NCC(c1ccc(F)c(Br)c1)N1Cc2ccccc2C1. The molecule has 0 bridgehead atoms. The summed E-state index contributed by atoms with van der Waals surface area (Å²) in [5.74, 6) is -0.241. The van der Waals surface area contributed by atoms with Gasteiger partial charge in [-0.25, -0.2) is 4.39 Å². The highest BCUT2D eigenvalue weighted by molar-refractivity contribution is 9.10. The van der Waals surface area contributed by atoms with Gasteiger partial charge in [0.1, 0.15) is 5.82 Å². The second-order valence-corrected chi connectivity index (χ2v) is 5.95. The Kier molecular flexibility index (Phi) is 3.87. The Morgan fingerprint density at radius 3 is 2.35 bits per heavy atom. The third kappa shape index (κ3) is 2.51. The van der Waals surface area contributed by atoms with Crippen molar-refractivity contribution in [3.63, 3.8) is 0 Å². The quantitative estimate of drug-likeness (QED) is 0.929. The van der Waals surface area contributed by atoms with E-state index in [1.807, 2.05) is 12.1 Å². The Morgan fingerprint density at radius 1 is 1.15 bits per heavy atom. The monoisotopic (exact) mass is 334 g/mol. The van der Waals surface area contributed by atoms with Crippen LogP contribution in [0.1, 0.15) is 22.7 Å². The van der Waals surface area contributed by atoms with Crippen LogP contribution in [-0.2, 0) is 13.1 Å². The van der Waals surface area contributed by atoms with Gasteiger partial charge in [-0.05, 0) is 44.8 Å². The predicted molar refractivity (Wildman–Crippen MR) is 81.6 cm³/mol. The van der Waals surface area contributed by atoms with Gasteiger partial charge in [0.15, 0.2) is 0 Å². The van der Waals surface area contributed by atoms with Gasteiger partial charge in [0.2, 0.25) is 0 Å². The first kappa shape index (κ1) is 13.7. The van der Waals surface area contributed by atoms with E-state index in [4.69, 9.17) is 5.73 Å². The van der Waals surface area contributed by atoms with Gasteiger partial charge in [-0.15, -0.1) is 0 Å². The molecule has 2 N–H and O–H groups in total. The van der Waals surface area contributed by atoms with Gasteiger partial charge < -0.3 is 5.73 Å². The molecule has 104 valence electrons. The van der Waals surface area contributed by atoms with Gasteiger partial charge in [0.25, 0.3) is 0 Å². The van der Waals surface area contributed by atoms with Gasteiger partial charge in [0, 0.05) is 25.7 Å². The van der Waals surface area contributed by atoms with E-state index in [0.717, 1.165) is 18.7 Å². The van der Waals surface area contributed by atoms with Crippen LogP contribution in [0.25, 0.3) is 0 Å². The number of fused-ring (bicyclic) bond motifs is 1. The lowest BCUT2D eigenvalue weighted by molar-refractivity contribution is 0.205. The van der Waals surface area contributed by atoms with Crippen molar-refractivity contribution >= 4 is 15.9 Å². The molecule has 2 aromatic carbocycles. The van der Waals surface area contributed by atoms with Crippen LogP contribution < -0.4 is 5.73 Å². The minimum absolute atomic E-state index is 0.110. The standard InChI is InChI=1S/C16H16BrFN2/c17-14-7-11(5-6-15(14)18)16(8-19)20-9-12-3-1-2-4-13(12)10-20/h1-7,16H,8-10,19H2. The van der Waals surface area contributed by atoms with Crippen LogP contribution in [0.2, 0.25) is 0 Å². The van der Waals surface area contributed by atoms with Crippen LogP contribution >= 0.6 is 15.9 Å². The Hall–Kier alpha value is -1.23. The summed E-state index contributed by atoms with van der Waals surface area (Å²) in [5.41, 5.74) is 9.71. The maximum absolute atomic E-state index is 13.4. The van der Waals surface area contributed by atoms with Crippen molar-refractivity contribution in [3.05, 3.63) is 69.4 Å². The summed E-state index contributed by atoms with van der Waals surface area (Å²) in [4.78, 5) is 2.34. The summed E-state index contributed by atoms with van der Waals surface area (Å²) in [6.07, 6.45) is 0. The Morgan fingerprint density at radius 2 is 1.80 bits per heavy atom. The molecule has 0 fully saturated rings. The molecule has 2 aromatic rings. The predicted octanol–water partition coefficient (Wildman–Crippen LogP) is 3.60. The zero-order valence-electron chi connectivity index (χ0n) is 11.0. The summed E-state index contributed by atoms with van der Waals surface area (Å²) in [6.45, 7) is 2.31. The fraction of sp³-hybridized carbons (Fsp3) is 0.250. The van der Waals surface area contributed by atoms with Crippen molar-refractivity contribution in [3.8, 4) is 0 Å². The average molecular weight is 335 g/mol. The molecule has 0 saturated heterocycles. The second-order valence-electron chi connectivity index (χ2n) is 5.10. The van der Waals surface area contributed by atoms with Crippen molar-refractivity contribution in [2.45, 2.75) is 19.1 Å². The normalized spacial score (nSPS) is 16.1. The minimum atomic E-state index is -0.241. The molecule has 0 aromatic heterocycles. The van der Waals surface area contributed by atoms with Crippen molar-refractivity contribution in [2.75, 3.05) is 6.54 Å². The van der Waals surface area contributed by atoms with Gasteiger partial charge >= 0.3 is 0 Å². The van der Waals surface area contributed by atoms with Crippen LogP contribution in [0, 0.1) is 5.82 Å². The molecule has 0 amide bonds. The maximum Gasteiger partial charge on any atom is 0.137 e. The summed E-state index contributed by atoms with van der Waals surface area (Å²) < 4.78 is 13.9. The van der Waals surface area contributed by atoms with E-state index >= 15 is 0 Å². The number of hydrogen-bond donors (Lipinski definition) is 1. The minimum Gasteiger partial charge on any atom is -0.329 e. The van der Waals surface area contributed by atoms with Crippen molar-refractivity contribution in [1.82, 2.24) is 4.90 Å². The first-order valence-electron chi connectivity index (χ1n) is 6.65. The molecule has 1 atom stereocenters. The molecule has 1 aliphatic heterocycles. The van der Waals surface area contributed by atoms with Crippen LogP contribution in [0.5, 0.6) is 0 Å². The lowest BCUT2D eigenvalue weighted by atomic mass is 10.1. The number of halogens is 2. The van der Waals surface area contributed by atoms with E-state index in [1.165, 1.54) is 17.2 Å². The third-order valence-corrected chi connectivity index (χ3v) is 4.47. The van der Waals surface area contributed by atoms with E-state index in [9.17, 15) is 4.39 Å². The molecular formula is C16H16BrFN2. The van der Waals surface area contributed by atoms with E-state index in [-0.39, 0.29) is 11.9 Å². The van der Waals surface area contributed by atoms with Crippen LogP contribution in [0.3, 0.4) is 0 Å². The van der Waals surface area contributed by atoms with E-state index in [0.29, 0.717) is 11.0 Å². The lowest BCUT2D eigenvalue weighted by Crippen LogP contribution is -2.29. The summed E-state index contributed by atoms with van der Waals surface area (Å²) in [7, 11) is 0. The van der Waals surface area contributed by atoms with Gasteiger partial charge in [-0.3, -0.25) is 4.90 Å². The molecule has 0 saturated carbocycles. The summed E-state index contributed by atoms with van der Waals surface area (Å²) in [5, 5.41) is 0. The molecule has 1 heterocycles. The first-order chi connectivity index (χ1) is 9.69. The maximum atomic E-state index is 13.4. The number of benzene rings is 2. The smallest absolute Gasteiger partial charge is 0.137 e. The Balaban J connectivity index is 1.87. The van der Waals surface area contributed by atoms with E-state index in [2.05, 4.69) is 45.1 Å². The molecule has 2 nitrogen and oxygen atoms in total. The number of rotatable bonds is 3. The molecule has 4 heteroatoms. The number of nitrogens with zero attached hydrogens (tertiary/aromatic N) is 1. The Bertz CT molecular complexity index is 605. The fourth-order valence-corrected chi connectivity index (χ4v) is 3.19. The molecule has 0 aliphatic carbocycles. The highest BCUT2D eigenvalue weighted by Gasteiger charge is 2.26. The van der Waals surface area contributed by atoms with Crippen LogP contribution in [-0.4, -0.2) is 11.4 Å². The van der Waals surface area contributed by atoms with Gasteiger partial charge in [-0.2, -0.15) is 0 Å². The second kappa shape index (κ2) is 5.64. The number of hydrogen-bond acceptors (Lipinski definition) is 2. The van der Waals surface area contributed by atoms with E-state index < -0.39 is 0 Å².